The van der Waals surface area contributed by atoms with Crippen LogP contribution in [0.25, 0.3) is 0 Å². The van der Waals surface area contributed by atoms with Crippen LogP contribution in [0.4, 0.5) is 10.2 Å². The van der Waals surface area contributed by atoms with Gasteiger partial charge in [0.2, 0.25) is 0 Å². The molecule has 18 heavy (non-hydrogen) atoms. The summed E-state index contributed by atoms with van der Waals surface area (Å²) in [5, 5.41) is 5.59. The van der Waals surface area contributed by atoms with Crippen LogP contribution in [0.2, 0.25) is 0 Å². The molecule has 0 aromatic carbocycles. The Kier molecular flexibility index (Phi) is 5.55. The van der Waals surface area contributed by atoms with Gasteiger partial charge in [-0.3, -0.25) is 4.79 Å². The molecule has 0 radical (unpaired) electrons. The Balaban J connectivity index is 2.88. The lowest BCUT2D eigenvalue weighted by atomic mass is 10.1. The van der Waals surface area contributed by atoms with Gasteiger partial charge in [0, 0.05) is 18.8 Å². The molecule has 1 aromatic heterocycles. The number of aromatic nitrogens is 1. The smallest absolute Gasteiger partial charge is 0.254 e. The highest BCUT2D eigenvalue weighted by molar-refractivity contribution is 5.95. The molecule has 1 aromatic rings. The van der Waals surface area contributed by atoms with Crippen molar-refractivity contribution >= 4 is 11.7 Å². The van der Waals surface area contributed by atoms with Gasteiger partial charge in [-0.05, 0) is 25.8 Å². The van der Waals surface area contributed by atoms with E-state index in [1.54, 1.807) is 0 Å². The van der Waals surface area contributed by atoms with E-state index in [1.807, 2.05) is 20.8 Å². The summed E-state index contributed by atoms with van der Waals surface area (Å²) in [5.74, 6) is -0.861. The molecule has 4 nitrogen and oxygen atoms in total. The van der Waals surface area contributed by atoms with Gasteiger partial charge in [0.15, 0.2) is 11.6 Å². The van der Waals surface area contributed by atoms with Crippen LogP contribution in [0.15, 0.2) is 12.3 Å². The number of halogens is 1. The third-order valence-corrected chi connectivity index (χ3v) is 2.80. The average Bonchev–Trinajstić information content (AvgIpc) is 2.38. The Hall–Kier alpha value is -1.65. The zero-order valence-electron chi connectivity index (χ0n) is 11.1. The zero-order valence-corrected chi connectivity index (χ0v) is 11.1. The maximum Gasteiger partial charge on any atom is 0.254 e. The highest BCUT2D eigenvalue weighted by atomic mass is 19.1. The number of nitrogens with zero attached hydrogens (tertiary/aromatic N) is 1. The molecule has 0 spiro atoms. The quantitative estimate of drug-likeness (QED) is 0.819. The number of pyridine rings is 1. The number of rotatable bonds is 6. The minimum Gasteiger partial charge on any atom is -0.368 e. The topological polar surface area (TPSA) is 54.0 Å². The highest BCUT2D eigenvalue weighted by Crippen LogP contribution is 2.15. The number of hydrogen-bond donors (Lipinski definition) is 2. The van der Waals surface area contributed by atoms with Crippen molar-refractivity contribution in [1.29, 1.82) is 0 Å². The average molecular weight is 253 g/mol. The fourth-order valence-corrected chi connectivity index (χ4v) is 1.67. The van der Waals surface area contributed by atoms with E-state index in [2.05, 4.69) is 15.6 Å². The van der Waals surface area contributed by atoms with E-state index >= 15 is 0 Å². The maximum absolute atomic E-state index is 14.0. The van der Waals surface area contributed by atoms with Crippen LogP contribution in [0.5, 0.6) is 0 Å². The number of anilines is 1. The van der Waals surface area contributed by atoms with Gasteiger partial charge in [0.1, 0.15) is 0 Å². The third-order valence-electron chi connectivity index (χ3n) is 2.80. The molecule has 0 unspecified atom stereocenters. The van der Waals surface area contributed by atoms with E-state index in [0.717, 1.165) is 12.8 Å². The van der Waals surface area contributed by atoms with E-state index in [9.17, 15) is 9.18 Å². The van der Waals surface area contributed by atoms with Gasteiger partial charge in [-0.15, -0.1) is 0 Å². The van der Waals surface area contributed by atoms with Gasteiger partial charge in [-0.1, -0.05) is 13.8 Å². The summed E-state index contributed by atoms with van der Waals surface area (Å²) in [4.78, 5) is 15.8. The molecular formula is C13H20FN3O. The normalized spacial score (nSPS) is 10.5. The molecule has 0 aliphatic rings. The monoisotopic (exact) mass is 253 g/mol. The number of carbonyl (C=O) groups excluding carboxylic acids is 1. The Morgan fingerprint density at radius 2 is 2.06 bits per heavy atom. The molecule has 0 atom stereocenters. The second-order valence-corrected chi connectivity index (χ2v) is 4.04. The Labute approximate surface area is 107 Å². The number of hydrogen-bond acceptors (Lipinski definition) is 3. The predicted molar refractivity (Wildman–Crippen MR) is 70.2 cm³/mol. The molecule has 1 rings (SSSR count). The summed E-state index contributed by atoms with van der Waals surface area (Å²) >= 11 is 0. The fraction of sp³-hybridized carbons (Fsp3) is 0.538. The first-order chi connectivity index (χ1) is 8.63. The standard InChI is InChI=1S/C13H20FN3O/c1-4-9(5-2)17-13(18)10-7-8-16-12(11(10)14)15-6-3/h7-9H,4-6H2,1-3H3,(H,15,16)(H,17,18). The van der Waals surface area contributed by atoms with E-state index in [4.69, 9.17) is 0 Å². The van der Waals surface area contributed by atoms with Crippen LogP contribution in [0.3, 0.4) is 0 Å². The SMILES string of the molecule is CCNc1nccc(C(=O)NC(CC)CC)c1F. The summed E-state index contributed by atoms with van der Waals surface area (Å²) in [6, 6.07) is 1.47. The number of amides is 1. The molecule has 0 saturated carbocycles. The Morgan fingerprint density at radius 1 is 1.39 bits per heavy atom. The molecule has 1 heterocycles. The maximum atomic E-state index is 14.0. The highest BCUT2D eigenvalue weighted by Gasteiger charge is 2.17. The molecule has 0 aliphatic heterocycles. The molecule has 100 valence electrons. The van der Waals surface area contributed by atoms with Gasteiger partial charge in [0.05, 0.1) is 5.56 Å². The predicted octanol–water partition coefficient (Wildman–Crippen LogP) is 2.57. The molecule has 5 heteroatoms. The molecule has 1 amide bonds. The number of nitrogens with one attached hydrogen (secondary N) is 2. The van der Waals surface area contributed by atoms with Gasteiger partial charge in [-0.25, -0.2) is 9.37 Å². The van der Waals surface area contributed by atoms with Crippen LogP contribution in [0.1, 0.15) is 44.0 Å². The Bertz CT molecular complexity index is 405. The van der Waals surface area contributed by atoms with E-state index < -0.39 is 5.82 Å². The summed E-state index contributed by atoms with van der Waals surface area (Å²) < 4.78 is 14.0. The summed E-state index contributed by atoms with van der Waals surface area (Å²) in [7, 11) is 0. The summed E-state index contributed by atoms with van der Waals surface area (Å²) in [5.41, 5.74) is 0.0350. The van der Waals surface area contributed by atoms with Crippen molar-refractivity contribution in [3.63, 3.8) is 0 Å². The van der Waals surface area contributed by atoms with Crippen molar-refractivity contribution in [1.82, 2.24) is 10.3 Å². The van der Waals surface area contributed by atoms with Crippen molar-refractivity contribution in [3.05, 3.63) is 23.6 Å². The molecule has 2 N–H and O–H groups in total. The van der Waals surface area contributed by atoms with Gasteiger partial charge < -0.3 is 10.6 Å². The molecule has 0 bridgehead atoms. The lowest BCUT2D eigenvalue weighted by Gasteiger charge is -2.15. The van der Waals surface area contributed by atoms with Gasteiger partial charge in [0.25, 0.3) is 5.91 Å². The van der Waals surface area contributed by atoms with Crippen LogP contribution >= 0.6 is 0 Å². The minimum atomic E-state index is -0.595. The van der Waals surface area contributed by atoms with Crippen molar-refractivity contribution in [2.75, 3.05) is 11.9 Å². The summed E-state index contributed by atoms with van der Waals surface area (Å²) in [6.45, 7) is 6.38. The van der Waals surface area contributed by atoms with E-state index in [0.29, 0.717) is 6.54 Å². The van der Waals surface area contributed by atoms with Crippen LogP contribution in [0, 0.1) is 5.82 Å². The lowest BCUT2D eigenvalue weighted by Crippen LogP contribution is -2.34. The summed E-state index contributed by atoms with van der Waals surface area (Å²) in [6.07, 6.45) is 3.09. The first-order valence-corrected chi connectivity index (χ1v) is 6.33. The molecule has 0 aliphatic carbocycles. The molecular weight excluding hydrogens is 233 g/mol. The fourth-order valence-electron chi connectivity index (χ4n) is 1.67. The van der Waals surface area contributed by atoms with Crippen molar-refractivity contribution in [2.24, 2.45) is 0 Å². The second-order valence-electron chi connectivity index (χ2n) is 4.04. The van der Waals surface area contributed by atoms with Gasteiger partial charge >= 0.3 is 0 Å². The first-order valence-electron chi connectivity index (χ1n) is 6.33. The molecule has 0 fully saturated rings. The van der Waals surface area contributed by atoms with E-state index in [-0.39, 0.29) is 23.3 Å². The number of carbonyl (C=O) groups is 1. The largest absolute Gasteiger partial charge is 0.368 e. The van der Waals surface area contributed by atoms with Crippen LogP contribution in [-0.4, -0.2) is 23.5 Å². The van der Waals surface area contributed by atoms with Crippen molar-refractivity contribution < 1.29 is 9.18 Å². The van der Waals surface area contributed by atoms with Crippen LogP contribution < -0.4 is 10.6 Å². The minimum absolute atomic E-state index is 0.0350. The Morgan fingerprint density at radius 3 is 2.61 bits per heavy atom. The molecule has 0 saturated heterocycles. The first kappa shape index (κ1) is 14.4. The van der Waals surface area contributed by atoms with Crippen LogP contribution in [-0.2, 0) is 0 Å². The van der Waals surface area contributed by atoms with E-state index in [1.165, 1.54) is 12.3 Å². The van der Waals surface area contributed by atoms with Crippen molar-refractivity contribution in [3.8, 4) is 0 Å². The van der Waals surface area contributed by atoms with Crippen molar-refractivity contribution in [2.45, 2.75) is 39.7 Å². The zero-order chi connectivity index (χ0) is 13.5. The third kappa shape index (κ3) is 3.42. The lowest BCUT2D eigenvalue weighted by molar-refractivity contribution is 0.0930. The second kappa shape index (κ2) is 6.93. The van der Waals surface area contributed by atoms with Gasteiger partial charge in [-0.2, -0.15) is 0 Å².